The lowest BCUT2D eigenvalue weighted by atomic mass is 10.3. The Kier molecular flexibility index (Phi) is 6.22. The Morgan fingerprint density at radius 2 is 1.79 bits per heavy atom. The van der Waals surface area contributed by atoms with Crippen molar-refractivity contribution in [1.29, 1.82) is 0 Å². The van der Waals surface area contributed by atoms with Gasteiger partial charge in [-0.05, 0) is 5.92 Å². The smallest absolute Gasteiger partial charge is 0.219 e. The molecule has 0 spiro atoms. The van der Waals surface area contributed by atoms with E-state index in [2.05, 4.69) is 9.62 Å². The molecule has 112 valence electrons. The molecule has 1 aliphatic rings. The molecule has 7 heteroatoms. The molecule has 0 aromatic rings. The standard InChI is InChI=1S/C12H25N3O3S/c1-11(2)10-19(17,18)13-4-5-14-6-8-15(9-7-14)12(3)16/h11,13H,4-10H2,1-3H3. The summed E-state index contributed by atoms with van der Waals surface area (Å²) >= 11 is 0. The molecule has 0 aromatic carbocycles. The molecule has 6 nitrogen and oxygen atoms in total. The number of piperazine rings is 1. The maximum absolute atomic E-state index is 11.6. The Bertz CT molecular complexity index is 387. The van der Waals surface area contributed by atoms with Crippen molar-refractivity contribution in [3.63, 3.8) is 0 Å². The van der Waals surface area contributed by atoms with Crippen molar-refractivity contribution in [3.05, 3.63) is 0 Å². The van der Waals surface area contributed by atoms with Crippen LogP contribution in [0.1, 0.15) is 20.8 Å². The molecule has 0 unspecified atom stereocenters. The monoisotopic (exact) mass is 291 g/mol. The summed E-state index contributed by atoms with van der Waals surface area (Å²) in [5.74, 6) is 0.416. The second-order valence-corrected chi connectivity index (χ2v) is 7.27. The third kappa shape index (κ3) is 6.35. The number of hydrogen-bond acceptors (Lipinski definition) is 4. The zero-order valence-corrected chi connectivity index (χ0v) is 12.9. The van der Waals surface area contributed by atoms with Gasteiger partial charge in [0.2, 0.25) is 15.9 Å². The maximum atomic E-state index is 11.6. The Labute approximate surface area is 116 Å². The maximum Gasteiger partial charge on any atom is 0.219 e. The number of amides is 1. The molecule has 0 aromatic heterocycles. The summed E-state index contributed by atoms with van der Waals surface area (Å²) in [6.07, 6.45) is 0. The number of sulfonamides is 1. The third-order valence-electron chi connectivity index (χ3n) is 3.12. The van der Waals surface area contributed by atoms with Gasteiger partial charge in [-0.15, -0.1) is 0 Å². The molecule has 1 amide bonds. The predicted molar refractivity (Wildman–Crippen MR) is 75.3 cm³/mol. The summed E-state index contributed by atoms with van der Waals surface area (Å²) in [4.78, 5) is 15.2. The highest BCUT2D eigenvalue weighted by Gasteiger charge is 2.19. The van der Waals surface area contributed by atoms with Gasteiger partial charge in [-0.1, -0.05) is 13.8 Å². The summed E-state index contributed by atoms with van der Waals surface area (Å²) < 4.78 is 25.9. The largest absolute Gasteiger partial charge is 0.340 e. The van der Waals surface area contributed by atoms with E-state index in [1.807, 2.05) is 18.7 Å². The number of hydrogen-bond donors (Lipinski definition) is 1. The van der Waals surface area contributed by atoms with Crippen molar-refractivity contribution >= 4 is 15.9 Å². The van der Waals surface area contributed by atoms with Crippen molar-refractivity contribution < 1.29 is 13.2 Å². The Hall–Kier alpha value is -0.660. The lowest BCUT2D eigenvalue weighted by molar-refractivity contribution is -0.130. The van der Waals surface area contributed by atoms with Crippen LogP contribution in [-0.2, 0) is 14.8 Å². The van der Waals surface area contributed by atoms with Crippen LogP contribution in [0.4, 0.5) is 0 Å². The molecule has 0 saturated carbocycles. The Morgan fingerprint density at radius 3 is 2.26 bits per heavy atom. The fourth-order valence-corrected chi connectivity index (χ4v) is 3.54. The van der Waals surface area contributed by atoms with Gasteiger partial charge in [-0.2, -0.15) is 0 Å². The quantitative estimate of drug-likeness (QED) is 0.731. The van der Waals surface area contributed by atoms with E-state index in [1.54, 1.807) is 6.92 Å². The normalized spacial score (nSPS) is 18.0. The van der Waals surface area contributed by atoms with Crippen LogP contribution in [0.2, 0.25) is 0 Å². The number of nitrogens with zero attached hydrogens (tertiary/aromatic N) is 2. The van der Waals surface area contributed by atoms with Crippen molar-refractivity contribution in [2.45, 2.75) is 20.8 Å². The van der Waals surface area contributed by atoms with E-state index >= 15 is 0 Å². The van der Waals surface area contributed by atoms with Crippen LogP contribution in [-0.4, -0.2) is 69.1 Å². The molecule has 1 rings (SSSR count). The predicted octanol–water partition coefficient (Wildman–Crippen LogP) is -0.274. The molecule has 0 atom stereocenters. The van der Waals surface area contributed by atoms with Gasteiger partial charge in [0.05, 0.1) is 5.75 Å². The molecule has 1 heterocycles. The first-order chi connectivity index (χ1) is 8.80. The van der Waals surface area contributed by atoms with Gasteiger partial charge >= 0.3 is 0 Å². The number of carbonyl (C=O) groups is 1. The van der Waals surface area contributed by atoms with Crippen LogP contribution < -0.4 is 4.72 Å². The van der Waals surface area contributed by atoms with E-state index in [0.29, 0.717) is 13.1 Å². The van der Waals surface area contributed by atoms with Crippen molar-refractivity contribution in [2.75, 3.05) is 45.0 Å². The second-order valence-electron chi connectivity index (χ2n) is 5.42. The van der Waals surface area contributed by atoms with Gasteiger partial charge in [0.1, 0.15) is 0 Å². The summed E-state index contributed by atoms with van der Waals surface area (Å²) in [5.41, 5.74) is 0. The zero-order valence-electron chi connectivity index (χ0n) is 12.1. The second kappa shape index (κ2) is 7.21. The number of rotatable bonds is 6. The SMILES string of the molecule is CC(=O)N1CCN(CCNS(=O)(=O)CC(C)C)CC1. The van der Waals surface area contributed by atoms with Crippen LogP contribution in [0.15, 0.2) is 0 Å². The molecular formula is C12H25N3O3S. The molecule has 0 aliphatic carbocycles. The van der Waals surface area contributed by atoms with E-state index in [1.165, 1.54) is 0 Å². The van der Waals surface area contributed by atoms with Gasteiger partial charge in [-0.3, -0.25) is 9.69 Å². The first-order valence-electron chi connectivity index (χ1n) is 6.75. The van der Waals surface area contributed by atoms with E-state index in [4.69, 9.17) is 0 Å². The van der Waals surface area contributed by atoms with Crippen LogP contribution in [0.3, 0.4) is 0 Å². The van der Waals surface area contributed by atoms with Crippen LogP contribution in [0, 0.1) is 5.92 Å². The van der Waals surface area contributed by atoms with Crippen LogP contribution >= 0.6 is 0 Å². The molecule has 0 bridgehead atoms. The van der Waals surface area contributed by atoms with Gasteiger partial charge in [-0.25, -0.2) is 13.1 Å². The van der Waals surface area contributed by atoms with E-state index < -0.39 is 10.0 Å². The topological polar surface area (TPSA) is 69.7 Å². The summed E-state index contributed by atoms with van der Waals surface area (Å²) in [6, 6.07) is 0. The Balaban J connectivity index is 2.23. The van der Waals surface area contributed by atoms with Gasteiger partial charge in [0.15, 0.2) is 0 Å². The summed E-state index contributed by atoms with van der Waals surface area (Å²) in [6.45, 7) is 9.58. The third-order valence-corrected chi connectivity index (χ3v) is 4.87. The van der Waals surface area contributed by atoms with Gasteiger partial charge in [0.25, 0.3) is 0 Å². The highest BCUT2D eigenvalue weighted by Crippen LogP contribution is 2.02. The zero-order chi connectivity index (χ0) is 14.5. The first kappa shape index (κ1) is 16.4. The minimum absolute atomic E-state index is 0.109. The molecule has 1 N–H and O–H groups in total. The molecule has 1 saturated heterocycles. The first-order valence-corrected chi connectivity index (χ1v) is 8.40. The van der Waals surface area contributed by atoms with E-state index in [-0.39, 0.29) is 17.6 Å². The lowest BCUT2D eigenvalue weighted by Crippen LogP contribution is -2.49. The van der Waals surface area contributed by atoms with Crippen LogP contribution in [0.25, 0.3) is 0 Å². The fourth-order valence-electron chi connectivity index (χ4n) is 2.14. The van der Waals surface area contributed by atoms with Crippen molar-refractivity contribution in [2.24, 2.45) is 5.92 Å². The summed E-state index contributed by atoms with van der Waals surface area (Å²) in [7, 11) is -3.15. The van der Waals surface area contributed by atoms with Crippen LogP contribution in [0.5, 0.6) is 0 Å². The molecule has 1 fully saturated rings. The number of nitrogens with one attached hydrogen (secondary N) is 1. The molecule has 0 radical (unpaired) electrons. The fraction of sp³-hybridized carbons (Fsp3) is 0.917. The minimum Gasteiger partial charge on any atom is -0.340 e. The van der Waals surface area contributed by atoms with E-state index in [9.17, 15) is 13.2 Å². The number of carbonyl (C=O) groups excluding carboxylic acids is 1. The molecule has 19 heavy (non-hydrogen) atoms. The Morgan fingerprint density at radius 1 is 1.21 bits per heavy atom. The highest BCUT2D eigenvalue weighted by molar-refractivity contribution is 7.89. The van der Waals surface area contributed by atoms with Gasteiger partial charge in [0, 0.05) is 46.2 Å². The van der Waals surface area contributed by atoms with Crippen molar-refractivity contribution in [3.8, 4) is 0 Å². The molecular weight excluding hydrogens is 266 g/mol. The van der Waals surface area contributed by atoms with Gasteiger partial charge < -0.3 is 4.90 Å². The molecule has 1 aliphatic heterocycles. The minimum atomic E-state index is -3.15. The lowest BCUT2D eigenvalue weighted by Gasteiger charge is -2.34. The average molecular weight is 291 g/mol. The highest BCUT2D eigenvalue weighted by atomic mass is 32.2. The summed E-state index contributed by atoms with van der Waals surface area (Å²) in [5, 5.41) is 0. The van der Waals surface area contributed by atoms with E-state index in [0.717, 1.165) is 26.2 Å². The average Bonchev–Trinajstić information content (AvgIpc) is 2.27. The van der Waals surface area contributed by atoms with Crippen molar-refractivity contribution in [1.82, 2.24) is 14.5 Å².